The summed E-state index contributed by atoms with van der Waals surface area (Å²) in [6, 6.07) is 15.7. The first kappa shape index (κ1) is 16.0. The number of hydrogen-bond donors (Lipinski definition) is 0. The summed E-state index contributed by atoms with van der Waals surface area (Å²) < 4.78 is 5.77. The molecule has 0 saturated carbocycles. The van der Waals surface area contributed by atoms with Gasteiger partial charge in [0.25, 0.3) is 5.91 Å². The average Bonchev–Trinajstić information content (AvgIpc) is 2.89. The van der Waals surface area contributed by atoms with Crippen LogP contribution in [0.3, 0.4) is 0 Å². The Balaban J connectivity index is 1.67. The zero-order chi connectivity index (χ0) is 16.4. The third-order valence-electron chi connectivity index (χ3n) is 4.21. The van der Waals surface area contributed by atoms with Crippen molar-refractivity contribution in [3.05, 3.63) is 64.7 Å². The van der Waals surface area contributed by atoms with Crippen LogP contribution in [0.1, 0.15) is 25.0 Å². The second kappa shape index (κ2) is 6.73. The van der Waals surface area contributed by atoms with Crippen LogP contribution in [0.2, 0.25) is 5.02 Å². The van der Waals surface area contributed by atoms with Crippen LogP contribution in [0.15, 0.2) is 48.5 Å². The molecule has 23 heavy (non-hydrogen) atoms. The lowest BCUT2D eigenvalue weighted by Gasteiger charge is -2.26. The summed E-state index contributed by atoms with van der Waals surface area (Å²) in [5.74, 6) is 0.0106. The van der Waals surface area contributed by atoms with Crippen molar-refractivity contribution in [1.82, 2.24) is 0 Å². The quantitative estimate of drug-likeness (QED) is 0.840. The fourth-order valence-corrected chi connectivity index (χ4v) is 3.10. The molecule has 0 fully saturated rings. The first-order valence-corrected chi connectivity index (χ1v) is 8.21. The summed E-state index contributed by atoms with van der Waals surface area (Å²) in [6.07, 6.45) is 0.408. The molecule has 3 rings (SSSR count). The van der Waals surface area contributed by atoms with Gasteiger partial charge in [-0.1, -0.05) is 41.9 Å². The normalized spacial score (nSPS) is 17.9. The average molecular weight is 330 g/mol. The van der Waals surface area contributed by atoms with Crippen LogP contribution in [0.25, 0.3) is 0 Å². The molecular weight excluding hydrogens is 310 g/mol. The number of fused-ring (bicyclic) bond motifs is 1. The number of nitrogens with zero attached hydrogens (tertiary/aromatic N) is 1. The summed E-state index contributed by atoms with van der Waals surface area (Å²) in [4.78, 5) is 14.6. The van der Waals surface area contributed by atoms with E-state index in [-0.39, 0.29) is 11.9 Å². The predicted octanol–water partition coefficient (Wildman–Crippen LogP) is 4.22. The lowest BCUT2D eigenvalue weighted by Crippen LogP contribution is -2.42. The van der Waals surface area contributed by atoms with E-state index in [2.05, 4.69) is 13.0 Å². The molecule has 4 heteroatoms. The number of ether oxygens (including phenoxy) is 1. The summed E-state index contributed by atoms with van der Waals surface area (Å²) in [7, 11) is 0. The van der Waals surface area contributed by atoms with E-state index in [0.717, 1.165) is 17.7 Å². The van der Waals surface area contributed by atoms with Crippen LogP contribution in [-0.2, 0) is 22.6 Å². The van der Waals surface area contributed by atoms with Crippen molar-refractivity contribution in [3.8, 4) is 0 Å². The highest BCUT2D eigenvalue weighted by Gasteiger charge is 2.33. The molecule has 0 saturated heterocycles. The number of amides is 1. The van der Waals surface area contributed by atoms with Gasteiger partial charge < -0.3 is 9.64 Å². The molecule has 120 valence electrons. The smallest absolute Gasteiger partial charge is 0.256 e. The van der Waals surface area contributed by atoms with Crippen LogP contribution < -0.4 is 4.90 Å². The monoisotopic (exact) mass is 329 g/mol. The van der Waals surface area contributed by atoms with Crippen LogP contribution in [-0.4, -0.2) is 18.1 Å². The largest absolute Gasteiger partial charge is 0.364 e. The topological polar surface area (TPSA) is 29.5 Å². The van der Waals surface area contributed by atoms with E-state index in [9.17, 15) is 4.79 Å². The number of halogens is 1. The summed E-state index contributed by atoms with van der Waals surface area (Å²) in [5.41, 5.74) is 3.23. The number of rotatable bonds is 4. The van der Waals surface area contributed by atoms with E-state index >= 15 is 0 Å². The molecule has 2 atom stereocenters. The maximum absolute atomic E-state index is 12.8. The molecule has 1 amide bonds. The van der Waals surface area contributed by atoms with Gasteiger partial charge in [-0.05, 0) is 49.6 Å². The third-order valence-corrected chi connectivity index (χ3v) is 4.46. The molecule has 2 aromatic rings. The Kier molecular flexibility index (Phi) is 4.69. The van der Waals surface area contributed by atoms with Gasteiger partial charge >= 0.3 is 0 Å². The van der Waals surface area contributed by atoms with Gasteiger partial charge in [-0.3, -0.25) is 4.79 Å². The molecule has 0 unspecified atom stereocenters. The van der Waals surface area contributed by atoms with Crippen LogP contribution in [0, 0.1) is 0 Å². The van der Waals surface area contributed by atoms with Gasteiger partial charge in [0.05, 0.1) is 6.61 Å². The zero-order valence-electron chi connectivity index (χ0n) is 13.3. The van der Waals surface area contributed by atoms with E-state index in [1.54, 1.807) is 0 Å². The highest BCUT2D eigenvalue weighted by molar-refractivity contribution is 6.30. The maximum Gasteiger partial charge on any atom is 0.256 e. The number of carbonyl (C=O) groups is 1. The lowest BCUT2D eigenvalue weighted by atomic mass is 10.1. The number of hydrogen-bond acceptors (Lipinski definition) is 2. The van der Waals surface area contributed by atoms with Crippen molar-refractivity contribution in [2.24, 2.45) is 0 Å². The van der Waals surface area contributed by atoms with E-state index in [0.29, 0.717) is 11.6 Å². The van der Waals surface area contributed by atoms with Crippen molar-refractivity contribution in [2.75, 3.05) is 4.90 Å². The van der Waals surface area contributed by atoms with Gasteiger partial charge in [-0.2, -0.15) is 0 Å². The minimum Gasteiger partial charge on any atom is -0.364 e. The van der Waals surface area contributed by atoms with Crippen molar-refractivity contribution in [3.63, 3.8) is 0 Å². The molecule has 0 bridgehead atoms. The Hall–Kier alpha value is -1.84. The fourth-order valence-electron chi connectivity index (χ4n) is 2.97. The molecule has 0 aromatic heterocycles. The molecule has 1 aliphatic heterocycles. The molecule has 0 spiro atoms. The highest BCUT2D eigenvalue weighted by atomic mass is 35.5. The number of benzene rings is 2. The zero-order valence-corrected chi connectivity index (χ0v) is 14.1. The number of carbonyl (C=O) groups excluding carboxylic acids is 1. The van der Waals surface area contributed by atoms with E-state index in [1.807, 2.05) is 54.3 Å². The molecule has 0 aliphatic carbocycles. The van der Waals surface area contributed by atoms with Gasteiger partial charge in [0.1, 0.15) is 6.10 Å². The summed E-state index contributed by atoms with van der Waals surface area (Å²) in [6.45, 7) is 4.28. The molecule has 3 nitrogen and oxygen atoms in total. The molecular formula is C19H20ClNO2. The Labute approximate surface area is 141 Å². The van der Waals surface area contributed by atoms with Gasteiger partial charge in [-0.15, -0.1) is 0 Å². The van der Waals surface area contributed by atoms with Crippen LogP contribution >= 0.6 is 11.6 Å². The Bertz CT molecular complexity index is 699. The first-order valence-electron chi connectivity index (χ1n) is 7.83. The van der Waals surface area contributed by atoms with Gasteiger partial charge in [0, 0.05) is 16.8 Å². The SMILES string of the molecule is C[C@H](OCc1ccc(Cl)cc1)C(=O)N1c2ccccc2C[C@@H]1C. The molecule has 1 heterocycles. The first-order chi connectivity index (χ1) is 11.1. The summed E-state index contributed by atoms with van der Waals surface area (Å²) in [5, 5.41) is 0.695. The van der Waals surface area contributed by atoms with E-state index < -0.39 is 6.10 Å². The van der Waals surface area contributed by atoms with Gasteiger partial charge in [0.15, 0.2) is 0 Å². The highest BCUT2D eigenvalue weighted by Crippen LogP contribution is 2.32. The van der Waals surface area contributed by atoms with E-state index in [4.69, 9.17) is 16.3 Å². The molecule has 1 aliphatic rings. The standard InChI is InChI=1S/C19H20ClNO2/c1-13-11-16-5-3-4-6-18(16)21(13)19(22)14(2)23-12-15-7-9-17(20)10-8-15/h3-10,13-14H,11-12H2,1-2H3/t13-,14-/m0/s1. The van der Waals surface area contributed by atoms with Gasteiger partial charge in [-0.25, -0.2) is 0 Å². The third kappa shape index (κ3) is 3.41. The fraction of sp³-hybridized carbons (Fsp3) is 0.316. The Morgan fingerprint density at radius 1 is 1.26 bits per heavy atom. The van der Waals surface area contributed by atoms with Crippen LogP contribution in [0.4, 0.5) is 5.69 Å². The Morgan fingerprint density at radius 2 is 1.96 bits per heavy atom. The van der Waals surface area contributed by atoms with Crippen LogP contribution in [0.5, 0.6) is 0 Å². The van der Waals surface area contributed by atoms with Gasteiger partial charge in [0.2, 0.25) is 0 Å². The number of anilines is 1. The second-order valence-corrected chi connectivity index (χ2v) is 6.41. The van der Waals surface area contributed by atoms with Crippen molar-refractivity contribution < 1.29 is 9.53 Å². The molecule has 2 aromatic carbocycles. The van der Waals surface area contributed by atoms with Crippen molar-refractivity contribution in [2.45, 2.75) is 39.0 Å². The van der Waals surface area contributed by atoms with Crippen molar-refractivity contribution in [1.29, 1.82) is 0 Å². The lowest BCUT2D eigenvalue weighted by molar-refractivity contribution is -0.130. The number of para-hydroxylation sites is 1. The Morgan fingerprint density at radius 3 is 2.70 bits per heavy atom. The molecule has 0 N–H and O–H groups in total. The minimum absolute atomic E-state index is 0.0106. The van der Waals surface area contributed by atoms with Crippen molar-refractivity contribution >= 4 is 23.2 Å². The second-order valence-electron chi connectivity index (χ2n) is 5.97. The minimum atomic E-state index is -0.487. The molecule has 0 radical (unpaired) electrons. The summed E-state index contributed by atoms with van der Waals surface area (Å²) >= 11 is 5.87. The van der Waals surface area contributed by atoms with E-state index in [1.165, 1.54) is 5.56 Å². The predicted molar refractivity (Wildman–Crippen MR) is 92.8 cm³/mol. The maximum atomic E-state index is 12.8.